The number of benzene rings is 3. The molecular formula is C26H23ClN4O4. The summed E-state index contributed by atoms with van der Waals surface area (Å²) in [6.45, 7) is 1.39. The van der Waals surface area contributed by atoms with Gasteiger partial charge in [-0.15, -0.1) is 0 Å². The van der Waals surface area contributed by atoms with E-state index < -0.39 is 4.92 Å². The Morgan fingerprint density at radius 3 is 2.60 bits per heavy atom. The van der Waals surface area contributed by atoms with E-state index in [0.29, 0.717) is 41.8 Å². The Labute approximate surface area is 206 Å². The van der Waals surface area contributed by atoms with Crippen LogP contribution in [0.15, 0.2) is 71.1 Å². The summed E-state index contributed by atoms with van der Waals surface area (Å²) < 4.78 is 5.90. The van der Waals surface area contributed by atoms with Gasteiger partial charge in [0.2, 0.25) is 0 Å². The van der Waals surface area contributed by atoms with Crippen LogP contribution in [0.25, 0.3) is 11.1 Å². The van der Waals surface area contributed by atoms with Crippen molar-refractivity contribution in [2.45, 2.75) is 25.3 Å². The topological polar surface area (TPSA) is 102 Å². The summed E-state index contributed by atoms with van der Waals surface area (Å²) in [6, 6.07) is 19.5. The smallest absolute Gasteiger partial charge is 0.293 e. The van der Waals surface area contributed by atoms with E-state index in [2.05, 4.69) is 10.3 Å². The molecule has 178 valence electrons. The third-order valence-corrected chi connectivity index (χ3v) is 6.68. The summed E-state index contributed by atoms with van der Waals surface area (Å²) >= 11 is 6.18. The number of carbonyl (C=O) groups is 1. The Morgan fingerprint density at radius 1 is 1.11 bits per heavy atom. The number of nitrogens with one attached hydrogen (secondary N) is 1. The quantitative estimate of drug-likeness (QED) is 0.262. The molecule has 0 bridgehead atoms. The first-order valence-electron chi connectivity index (χ1n) is 11.4. The number of oxazole rings is 1. The van der Waals surface area contributed by atoms with Crippen LogP contribution in [0.1, 0.15) is 40.6 Å². The van der Waals surface area contributed by atoms with Crippen LogP contribution in [0.3, 0.4) is 0 Å². The molecule has 0 unspecified atom stereocenters. The molecule has 3 aromatic carbocycles. The molecule has 1 aromatic heterocycles. The van der Waals surface area contributed by atoms with Crippen LogP contribution < -0.4 is 5.32 Å². The number of piperidine rings is 1. The van der Waals surface area contributed by atoms with Gasteiger partial charge in [0, 0.05) is 42.2 Å². The van der Waals surface area contributed by atoms with Gasteiger partial charge < -0.3 is 14.6 Å². The van der Waals surface area contributed by atoms with E-state index in [0.717, 1.165) is 29.5 Å². The molecule has 0 atom stereocenters. The first-order valence-corrected chi connectivity index (χ1v) is 11.8. The summed E-state index contributed by atoms with van der Waals surface area (Å²) in [6.07, 6.45) is 1.44. The monoisotopic (exact) mass is 490 g/mol. The van der Waals surface area contributed by atoms with Crippen LogP contribution in [0.2, 0.25) is 5.02 Å². The van der Waals surface area contributed by atoms with Crippen molar-refractivity contribution in [3.63, 3.8) is 0 Å². The molecule has 8 nitrogen and oxygen atoms in total. The largest absolute Gasteiger partial charge is 0.440 e. The van der Waals surface area contributed by atoms with Crippen LogP contribution >= 0.6 is 11.6 Å². The van der Waals surface area contributed by atoms with Gasteiger partial charge in [0.05, 0.1) is 4.92 Å². The Morgan fingerprint density at radius 2 is 1.86 bits per heavy atom. The first kappa shape index (κ1) is 22.9. The summed E-state index contributed by atoms with van der Waals surface area (Å²) in [5.41, 5.74) is 2.89. The molecule has 1 saturated heterocycles. The van der Waals surface area contributed by atoms with Gasteiger partial charge >= 0.3 is 0 Å². The standard InChI is InChI=1S/C26H23ClN4O4/c27-20-6-2-1-5-19(20)16-28-21-10-9-18(15-23(21)31(33)34)26(32)30-13-11-17(12-14-30)25-29-22-7-3-4-8-24(22)35-25/h1-10,15,17,28H,11-14,16H2. The van der Waals surface area contributed by atoms with Gasteiger partial charge in [0.15, 0.2) is 11.5 Å². The van der Waals surface area contributed by atoms with Gasteiger partial charge in [-0.1, -0.05) is 41.9 Å². The summed E-state index contributed by atoms with van der Waals surface area (Å²) in [5, 5.41) is 15.4. The van der Waals surface area contributed by atoms with Gasteiger partial charge in [-0.3, -0.25) is 14.9 Å². The molecule has 35 heavy (non-hydrogen) atoms. The van der Waals surface area contributed by atoms with Crippen molar-refractivity contribution >= 4 is 40.0 Å². The Balaban J connectivity index is 1.26. The number of amides is 1. The summed E-state index contributed by atoms with van der Waals surface area (Å²) in [5.74, 6) is 0.613. The molecule has 1 fully saturated rings. The van der Waals surface area contributed by atoms with Gasteiger partial charge in [0.25, 0.3) is 11.6 Å². The third kappa shape index (κ3) is 4.83. The second-order valence-corrected chi connectivity index (χ2v) is 8.93. The van der Waals surface area contributed by atoms with E-state index in [1.165, 1.54) is 6.07 Å². The molecule has 0 saturated carbocycles. The average molecular weight is 491 g/mol. The maximum atomic E-state index is 13.1. The van der Waals surface area contributed by atoms with Gasteiger partial charge in [-0.05, 0) is 48.7 Å². The number of hydrogen-bond donors (Lipinski definition) is 1. The predicted molar refractivity (Wildman–Crippen MR) is 134 cm³/mol. The SMILES string of the molecule is O=C(c1ccc(NCc2ccccc2Cl)c([N+](=O)[O-])c1)N1CCC(c2nc3ccccc3o2)CC1. The van der Waals surface area contributed by atoms with Crippen LogP contribution in [0.5, 0.6) is 0 Å². The van der Waals surface area contributed by atoms with E-state index in [1.54, 1.807) is 23.1 Å². The molecule has 2 heterocycles. The van der Waals surface area contributed by atoms with E-state index in [1.807, 2.05) is 42.5 Å². The van der Waals surface area contributed by atoms with Gasteiger partial charge in [-0.25, -0.2) is 4.98 Å². The van der Waals surface area contributed by atoms with Crippen molar-refractivity contribution in [2.75, 3.05) is 18.4 Å². The number of aromatic nitrogens is 1. The van der Waals surface area contributed by atoms with Gasteiger partial charge in [-0.2, -0.15) is 0 Å². The van der Waals surface area contributed by atoms with Crippen LogP contribution in [-0.4, -0.2) is 33.8 Å². The lowest BCUT2D eigenvalue weighted by Gasteiger charge is -2.30. The lowest BCUT2D eigenvalue weighted by Crippen LogP contribution is -2.38. The highest BCUT2D eigenvalue weighted by molar-refractivity contribution is 6.31. The highest BCUT2D eigenvalue weighted by Crippen LogP contribution is 2.32. The molecular weight excluding hydrogens is 468 g/mol. The lowest BCUT2D eigenvalue weighted by atomic mass is 9.96. The minimum Gasteiger partial charge on any atom is -0.440 e. The third-order valence-electron chi connectivity index (χ3n) is 6.31. The number of likely N-dealkylation sites (tertiary alicyclic amines) is 1. The molecule has 1 amide bonds. The number of nitro benzene ring substituents is 1. The van der Waals surface area contributed by atoms with Crippen molar-refractivity contribution in [2.24, 2.45) is 0 Å². The summed E-state index contributed by atoms with van der Waals surface area (Å²) in [7, 11) is 0. The maximum absolute atomic E-state index is 13.1. The Kier molecular flexibility index (Phi) is 6.37. The number of rotatable bonds is 6. The minimum atomic E-state index is -0.481. The van der Waals surface area contributed by atoms with Crippen LogP contribution in [0, 0.1) is 10.1 Å². The number of para-hydroxylation sites is 2. The van der Waals surface area contributed by atoms with Crippen molar-refractivity contribution in [3.8, 4) is 0 Å². The average Bonchev–Trinajstić information content (AvgIpc) is 3.32. The zero-order valence-electron chi connectivity index (χ0n) is 18.8. The Hall–Kier alpha value is -3.91. The number of anilines is 1. The highest BCUT2D eigenvalue weighted by Gasteiger charge is 2.28. The van der Waals surface area contributed by atoms with Crippen LogP contribution in [-0.2, 0) is 6.54 Å². The fraction of sp³-hybridized carbons (Fsp3) is 0.231. The lowest BCUT2D eigenvalue weighted by molar-refractivity contribution is -0.384. The van der Waals surface area contributed by atoms with Gasteiger partial charge in [0.1, 0.15) is 11.2 Å². The van der Waals surface area contributed by atoms with Crippen molar-refractivity contribution in [1.29, 1.82) is 0 Å². The number of hydrogen-bond acceptors (Lipinski definition) is 6. The number of nitrogens with zero attached hydrogens (tertiary/aromatic N) is 3. The molecule has 4 aromatic rings. The highest BCUT2D eigenvalue weighted by atomic mass is 35.5. The van der Waals surface area contributed by atoms with Crippen molar-refractivity contribution in [3.05, 3.63) is 98.9 Å². The number of nitro groups is 1. The molecule has 0 aliphatic carbocycles. The normalized spacial score (nSPS) is 14.3. The molecule has 5 rings (SSSR count). The maximum Gasteiger partial charge on any atom is 0.293 e. The van der Waals surface area contributed by atoms with E-state index >= 15 is 0 Å². The van der Waals surface area contributed by atoms with Crippen molar-refractivity contribution in [1.82, 2.24) is 9.88 Å². The van der Waals surface area contributed by atoms with Crippen LogP contribution in [0.4, 0.5) is 11.4 Å². The molecule has 1 N–H and O–H groups in total. The Bertz CT molecular complexity index is 1360. The van der Waals surface area contributed by atoms with E-state index in [-0.39, 0.29) is 17.5 Å². The van der Waals surface area contributed by atoms with E-state index in [9.17, 15) is 14.9 Å². The fourth-order valence-corrected chi connectivity index (χ4v) is 4.58. The van der Waals surface area contributed by atoms with Crippen molar-refractivity contribution < 1.29 is 14.1 Å². The minimum absolute atomic E-state index is 0.136. The first-order chi connectivity index (χ1) is 17.0. The molecule has 1 aliphatic rings. The molecule has 9 heteroatoms. The zero-order valence-corrected chi connectivity index (χ0v) is 19.6. The molecule has 1 aliphatic heterocycles. The number of halogens is 1. The van der Waals surface area contributed by atoms with E-state index in [4.69, 9.17) is 16.0 Å². The predicted octanol–water partition coefficient (Wildman–Crippen LogP) is 6.02. The molecule has 0 spiro atoms. The molecule has 0 radical (unpaired) electrons. The summed E-state index contributed by atoms with van der Waals surface area (Å²) in [4.78, 5) is 30.7. The number of carbonyl (C=O) groups excluding carboxylic acids is 1. The fourth-order valence-electron chi connectivity index (χ4n) is 4.37. The second kappa shape index (κ2) is 9.76. The number of fused-ring (bicyclic) bond motifs is 1. The zero-order chi connectivity index (χ0) is 24.4. The second-order valence-electron chi connectivity index (χ2n) is 8.52.